The van der Waals surface area contributed by atoms with Crippen LogP contribution in [0.2, 0.25) is 18.1 Å². The second-order valence-electron chi connectivity index (χ2n) is 9.81. The third-order valence-electron chi connectivity index (χ3n) is 6.32. The molecule has 32 heavy (non-hydrogen) atoms. The lowest BCUT2D eigenvalue weighted by Gasteiger charge is -2.36. The number of ether oxygens (including phenoxy) is 2. The van der Waals surface area contributed by atoms with Gasteiger partial charge in [-0.3, -0.25) is 4.79 Å². The van der Waals surface area contributed by atoms with E-state index in [1.165, 1.54) is 18.2 Å². The number of hydrogen-bond donors (Lipinski definition) is 0. The summed E-state index contributed by atoms with van der Waals surface area (Å²) in [6.45, 7) is 13.0. The third kappa shape index (κ3) is 5.49. The minimum Gasteiger partial charge on any atom is -0.543 e. The van der Waals surface area contributed by atoms with Gasteiger partial charge in [0.25, 0.3) is 0 Å². The van der Waals surface area contributed by atoms with Gasteiger partial charge in [0.15, 0.2) is 11.6 Å². The first-order valence-electron chi connectivity index (χ1n) is 11.0. The van der Waals surface area contributed by atoms with Crippen molar-refractivity contribution in [2.24, 2.45) is 11.8 Å². The average molecular weight is 463 g/mol. The highest BCUT2D eigenvalue weighted by molar-refractivity contribution is 6.74. The van der Waals surface area contributed by atoms with Crippen molar-refractivity contribution in [2.75, 3.05) is 13.2 Å². The van der Waals surface area contributed by atoms with E-state index in [2.05, 4.69) is 33.9 Å². The molecule has 1 saturated carbocycles. The summed E-state index contributed by atoms with van der Waals surface area (Å²) >= 11 is 0. The standard InChI is InChI=1S/C25H32F2O4Si/c1-7-29-24(28)20-12-17(20)15-30-23-11-8-16(13-22(23)27)19-14-18(9-10-21(19)26)31-32(5,6)25(2,3)4/h8-11,13-14,17,20H,7,12,15H2,1-6H3/t17-,20+/m0/s1. The zero-order valence-corrected chi connectivity index (χ0v) is 20.6. The van der Waals surface area contributed by atoms with E-state index >= 15 is 0 Å². The molecular formula is C25H32F2O4Si. The molecule has 174 valence electrons. The molecule has 1 aliphatic carbocycles. The minimum absolute atomic E-state index is 0.000483. The van der Waals surface area contributed by atoms with Crippen molar-refractivity contribution in [3.8, 4) is 22.6 Å². The Bertz CT molecular complexity index is 984. The van der Waals surface area contributed by atoms with Gasteiger partial charge in [-0.1, -0.05) is 26.8 Å². The van der Waals surface area contributed by atoms with Gasteiger partial charge in [-0.15, -0.1) is 0 Å². The highest BCUT2D eigenvalue weighted by atomic mass is 28.4. The van der Waals surface area contributed by atoms with E-state index in [9.17, 15) is 13.6 Å². The Labute approximate surface area is 190 Å². The molecule has 0 bridgehead atoms. The number of carbonyl (C=O) groups excluding carboxylic acids is 1. The molecule has 0 saturated heterocycles. The highest BCUT2D eigenvalue weighted by Gasteiger charge is 2.44. The van der Waals surface area contributed by atoms with E-state index in [1.54, 1.807) is 25.1 Å². The summed E-state index contributed by atoms with van der Waals surface area (Å²) in [5, 5.41) is 0.000483. The Hall–Kier alpha value is -2.41. The van der Waals surface area contributed by atoms with Gasteiger partial charge in [-0.25, -0.2) is 8.78 Å². The minimum atomic E-state index is -2.09. The summed E-state index contributed by atoms with van der Waals surface area (Å²) in [5.74, 6) is -0.733. The molecule has 3 rings (SSSR count). The van der Waals surface area contributed by atoms with Crippen LogP contribution in [-0.2, 0) is 9.53 Å². The fourth-order valence-corrected chi connectivity index (χ4v) is 4.21. The third-order valence-corrected chi connectivity index (χ3v) is 10.7. The highest BCUT2D eigenvalue weighted by Crippen LogP contribution is 2.41. The Morgan fingerprint density at radius 3 is 2.44 bits per heavy atom. The van der Waals surface area contributed by atoms with Gasteiger partial charge in [-0.05, 0) is 67.4 Å². The number of rotatable bonds is 8. The van der Waals surface area contributed by atoms with Crippen LogP contribution in [0.25, 0.3) is 11.1 Å². The lowest BCUT2D eigenvalue weighted by Crippen LogP contribution is -2.43. The summed E-state index contributed by atoms with van der Waals surface area (Å²) in [7, 11) is -2.09. The summed E-state index contributed by atoms with van der Waals surface area (Å²) in [6.07, 6.45) is 0.685. The number of esters is 1. The van der Waals surface area contributed by atoms with E-state index in [4.69, 9.17) is 13.9 Å². The van der Waals surface area contributed by atoms with Crippen molar-refractivity contribution in [3.63, 3.8) is 0 Å². The second-order valence-corrected chi connectivity index (χ2v) is 14.5. The predicted molar refractivity (Wildman–Crippen MR) is 123 cm³/mol. The van der Waals surface area contributed by atoms with E-state index in [1.807, 2.05) is 0 Å². The topological polar surface area (TPSA) is 44.8 Å². The predicted octanol–water partition coefficient (Wildman–Crippen LogP) is 6.59. The molecule has 2 aromatic carbocycles. The van der Waals surface area contributed by atoms with E-state index in [0.717, 1.165) is 0 Å². The van der Waals surface area contributed by atoms with Gasteiger partial charge in [0.05, 0.1) is 19.1 Å². The van der Waals surface area contributed by atoms with Crippen molar-refractivity contribution < 1.29 is 27.5 Å². The van der Waals surface area contributed by atoms with Crippen molar-refractivity contribution in [1.82, 2.24) is 0 Å². The van der Waals surface area contributed by atoms with Crippen LogP contribution in [0.1, 0.15) is 34.1 Å². The maximum absolute atomic E-state index is 14.7. The van der Waals surface area contributed by atoms with Crippen LogP contribution in [0.4, 0.5) is 8.78 Å². The number of carbonyl (C=O) groups is 1. The summed E-state index contributed by atoms with van der Waals surface area (Å²) in [4.78, 5) is 11.7. The van der Waals surface area contributed by atoms with Crippen LogP contribution in [-0.4, -0.2) is 27.5 Å². The van der Waals surface area contributed by atoms with Gasteiger partial charge < -0.3 is 13.9 Å². The van der Waals surface area contributed by atoms with E-state index < -0.39 is 20.0 Å². The molecule has 0 amide bonds. The monoisotopic (exact) mass is 462 g/mol. The molecule has 1 aliphatic rings. The molecule has 2 atom stereocenters. The lowest BCUT2D eigenvalue weighted by molar-refractivity contribution is -0.145. The second kappa shape index (κ2) is 9.22. The Morgan fingerprint density at radius 2 is 1.81 bits per heavy atom. The van der Waals surface area contributed by atoms with Crippen LogP contribution >= 0.6 is 0 Å². The first-order chi connectivity index (χ1) is 14.9. The van der Waals surface area contributed by atoms with Gasteiger partial charge in [0.2, 0.25) is 8.32 Å². The van der Waals surface area contributed by atoms with Crippen LogP contribution in [0, 0.1) is 23.5 Å². The van der Waals surface area contributed by atoms with Crippen molar-refractivity contribution in [3.05, 3.63) is 48.0 Å². The molecule has 0 N–H and O–H groups in total. The van der Waals surface area contributed by atoms with Crippen molar-refractivity contribution >= 4 is 14.3 Å². The maximum atomic E-state index is 14.7. The molecular weight excluding hydrogens is 430 g/mol. The van der Waals surface area contributed by atoms with Crippen LogP contribution < -0.4 is 9.16 Å². The molecule has 4 nitrogen and oxygen atoms in total. The normalized spacial score (nSPS) is 18.2. The zero-order valence-electron chi connectivity index (χ0n) is 19.6. The molecule has 0 radical (unpaired) electrons. The fourth-order valence-electron chi connectivity index (χ4n) is 3.19. The van der Waals surface area contributed by atoms with Crippen LogP contribution in [0.3, 0.4) is 0 Å². The van der Waals surface area contributed by atoms with Gasteiger partial charge in [-0.2, -0.15) is 0 Å². The first kappa shape index (κ1) is 24.2. The molecule has 0 aromatic heterocycles. The fraction of sp³-hybridized carbons (Fsp3) is 0.480. The lowest BCUT2D eigenvalue weighted by atomic mass is 10.0. The summed E-state index contributed by atoms with van der Waals surface area (Å²) in [6, 6.07) is 8.97. The number of hydrogen-bond acceptors (Lipinski definition) is 4. The Morgan fingerprint density at radius 1 is 1.09 bits per heavy atom. The SMILES string of the molecule is CCOC(=O)[C@@H]1C[C@H]1COc1ccc(-c2cc(O[Si](C)(C)C(C)(C)C)ccc2F)cc1F. The summed E-state index contributed by atoms with van der Waals surface area (Å²) < 4.78 is 46.1. The Balaban J connectivity index is 1.71. The molecule has 0 aliphatic heterocycles. The molecule has 0 unspecified atom stereocenters. The number of halogens is 2. The zero-order chi connectivity index (χ0) is 23.7. The van der Waals surface area contributed by atoms with Crippen molar-refractivity contribution in [2.45, 2.75) is 52.2 Å². The number of benzene rings is 2. The Kier molecular flexibility index (Phi) is 6.98. The molecule has 0 spiro atoms. The average Bonchev–Trinajstić information content (AvgIpc) is 3.47. The molecule has 0 heterocycles. The largest absolute Gasteiger partial charge is 0.543 e. The van der Waals surface area contributed by atoms with Gasteiger partial charge in [0, 0.05) is 11.5 Å². The van der Waals surface area contributed by atoms with Crippen LogP contribution in [0.5, 0.6) is 11.5 Å². The van der Waals surface area contributed by atoms with Crippen molar-refractivity contribution in [1.29, 1.82) is 0 Å². The maximum Gasteiger partial charge on any atom is 0.309 e. The quantitative estimate of drug-likeness (QED) is 0.328. The summed E-state index contributed by atoms with van der Waals surface area (Å²) in [5.41, 5.74) is 0.681. The molecule has 1 fully saturated rings. The van der Waals surface area contributed by atoms with Gasteiger partial charge in [0.1, 0.15) is 11.6 Å². The van der Waals surface area contributed by atoms with Gasteiger partial charge >= 0.3 is 5.97 Å². The molecule has 2 aromatic rings. The van der Waals surface area contributed by atoms with Crippen LogP contribution in [0.15, 0.2) is 36.4 Å². The molecule has 7 heteroatoms. The van der Waals surface area contributed by atoms with E-state index in [0.29, 0.717) is 24.3 Å². The smallest absolute Gasteiger partial charge is 0.309 e. The first-order valence-corrected chi connectivity index (χ1v) is 13.9. The van der Waals surface area contributed by atoms with E-state index in [-0.39, 0.29) is 40.8 Å².